The first-order valence-electron chi connectivity index (χ1n) is 10.2. The van der Waals surface area contributed by atoms with E-state index in [-0.39, 0.29) is 12.2 Å². The van der Waals surface area contributed by atoms with Crippen molar-refractivity contribution < 1.29 is 31.4 Å². The fraction of sp³-hybridized carbons (Fsp3) is 0.417. The van der Waals surface area contributed by atoms with Crippen LogP contribution in [0.3, 0.4) is 0 Å². The number of rotatable bonds is 8. The maximum Gasteiger partial charge on any atom is 0.573 e. The normalized spacial score (nSPS) is 19.8. The van der Waals surface area contributed by atoms with E-state index in [0.717, 1.165) is 49.9 Å². The van der Waals surface area contributed by atoms with Gasteiger partial charge in [-0.2, -0.15) is 8.78 Å². The van der Waals surface area contributed by atoms with E-state index in [9.17, 15) is 22.0 Å². The van der Waals surface area contributed by atoms with Gasteiger partial charge in [0.05, 0.1) is 13.0 Å². The highest BCUT2D eigenvalue weighted by Crippen LogP contribution is 2.36. The van der Waals surface area contributed by atoms with Gasteiger partial charge < -0.3 is 9.47 Å². The van der Waals surface area contributed by atoms with Crippen LogP contribution in [0.5, 0.6) is 5.75 Å². The van der Waals surface area contributed by atoms with E-state index in [0.29, 0.717) is 17.4 Å². The third-order valence-corrected chi connectivity index (χ3v) is 5.57. The molecule has 2 aromatic rings. The van der Waals surface area contributed by atoms with Crippen LogP contribution in [0.2, 0.25) is 0 Å². The van der Waals surface area contributed by atoms with E-state index < -0.39 is 24.6 Å². The summed E-state index contributed by atoms with van der Waals surface area (Å²) < 4.78 is 73.4. The van der Waals surface area contributed by atoms with Gasteiger partial charge in [0.1, 0.15) is 5.75 Å². The molecule has 0 unspecified atom stereocenters. The predicted octanol–water partition coefficient (Wildman–Crippen LogP) is 7.40. The summed E-state index contributed by atoms with van der Waals surface area (Å²) in [6.07, 6.45) is -2.58. The number of hydrogen-bond donors (Lipinski definition) is 0. The second kappa shape index (κ2) is 9.81. The first kappa shape index (κ1) is 23.3. The molecule has 3 rings (SSSR count). The zero-order chi connectivity index (χ0) is 22.5. The van der Waals surface area contributed by atoms with E-state index in [1.165, 1.54) is 5.56 Å². The molecule has 0 saturated heterocycles. The van der Waals surface area contributed by atoms with Gasteiger partial charge >= 0.3 is 12.5 Å². The highest BCUT2D eigenvalue weighted by Gasteiger charge is 2.32. The molecule has 0 aliphatic heterocycles. The molecule has 31 heavy (non-hydrogen) atoms. The van der Waals surface area contributed by atoms with Crippen molar-refractivity contribution in [1.29, 1.82) is 0 Å². The molecule has 0 spiro atoms. The van der Waals surface area contributed by atoms with Crippen molar-refractivity contribution >= 4 is 0 Å². The Hall–Kier alpha value is -2.41. The third kappa shape index (κ3) is 7.35. The molecule has 1 fully saturated rings. The highest BCUT2D eigenvalue weighted by molar-refractivity contribution is 5.28. The van der Waals surface area contributed by atoms with E-state index in [2.05, 4.69) is 11.3 Å². The number of hydrogen-bond acceptors (Lipinski definition) is 2. The smallest absolute Gasteiger partial charge is 0.406 e. The molecule has 1 saturated carbocycles. The molecular formula is C24H25F5O2. The lowest BCUT2D eigenvalue weighted by Crippen LogP contribution is -2.24. The molecule has 7 heteroatoms. The van der Waals surface area contributed by atoms with Gasteiger partial charge in [-0.05, 0) is 66.3 Å². The Morgan fingerprint density at radius 1 is 0.839 bits per heavy atom. The van der Waals surface area contributed by atoms with Gasteiger partial charge in [-0.1, -0.05) is 42.5 Å². The van der Waals surface area contributed by atoms with Gasteiger partial charge in [0.25, 0.3) is 0 Å². The number of alkyl halides is 5. The van der Waals surface area contributed by atoms with Crippen molar-refractivity contribution in [1.82, 2.24) is 0 Å². The Labute approximate surface area is 178 Å². The van der Waals surface area contributed by atoms with Crippen LogP contribution in [0.4, 0.5) is 22.0 Å². The zero-order valence-corrected chi connectivity index (χ0v) is 17.0. The van der Waals surface area contributed by atoms with Crippen molar-refractivity contribution in [3.63, 3.8) is 0 Å². The quantitative estimate of drug-likeness (QED) is 0.315. The van der Waals surface area contributed by atoms with Crippen molar-refractivity contribution in [3.05, 3.63) is 77.9 Å². The summed E-state index contributed by atoms with van der Waals surface area (Å²) in [5, 5.41) is 0. The molecule has 0 radical (unpaired) electrons. The molecule has 1 aliphatic carbocycles. The summed E-state index contributed by atoms with van der Waals surface area (Å²) in [5.41, 5.74) is 1.99. The molecule has 0 heterocycles. The Morgan fingerprint density at radius 2 is 1.42 bits per heavy atom. The van der Waals surface area contributed by atoms with E-state index in [1.54, 1.807) is 12.1 Å². The van der Waals surface area contributed by atoms with Crippen LogP contribution in [-0.4, -0.2) is 12.5 Å². The second-order valence-electron chi connectivity index (χ2n) is 7.88. The fourth-order valence-electron chi connectivity index (χ4n) is 3.86. The number of halogens is 5. The van der Waals surface area contributed by atoms with Gasteiger partial charge in [-0.15, -0.1) is 19.8 Å². The Kier molecular flexibility index (Phi) is 7.36. The minimum Gasteiger partial charge on any atom is -0.406 e. The summed E-state index contributed by atoms with van der Waals surface area (Å²) in [7, 11) is 0. The molecule has 0 bridgehead atoms. The minimum absolute atomic E-state index is 0.144. The largest absolute Gasteiger partial charge is 0.573 e. The molecule has 0 amide bonds. The molecule has 2 aromatic carbocycles. The van der Waals surface area contributed by atoms with Crippen LogP contribution < -0.4 is 4.74 Å². The van der Waals surface area contributed by atoms with Crippen molar-refractivity contribution in [2.45, 2.75) is 57.1 Å². The zero-order valence-electron chi connectivity index (χ0n) is 17.0. The Bertz CT molecular complexity index is 836. The average Bonchev–Trinajstić information content (AvgIpc) is 2.73. The minimum atomic E-state index is -4.82. The monoisotopic (exact) mass is 440 g/mol. The average molecular weight is 440 g/mol. The Balaban J connectivity index is 1.50. The molecule has 0 aromatic heterocycles. The summed E-state index contributed by atoms with van der Waals surface area (Å²) in [5.74, 6) is 0.606. The topological polar surface area (TPSA) is 18.5 Å². The van der Waals surface area contributed by atoms with Gasteiger partial charge in [0.2, 0.25) is 0 Å². The lowest BCUT2D eigenvalue weighted by Gasteiger charge is -2.27. The second-order valence-corrected chi connectivity index (χ2v) is 7.88. The number of benzene rings is 2. The van der Waals surface area contributed by atoms with E-state index >= 15 is 0 Å². The first-order chi connectivity index (χ1) is 14.6. The predicted molar refractivity (Wildman–Crippen MR) is 108 cm³/mol. The van der Waals surface area contributed by atoms with E-state index in [4.69, 9.17) is 4.74 Å². The highest BCUT2D eigenvalue weighted by atomic mass is 19.4. The lowest BCUT2D eigenvalue weighted by molar-refractivity contribution is -0.274. The number of allylic oxidation sites excluding steroid dienone is 1. The fourth-order valence-corrected chi connectivity index (χ4v) is 3.86. The van der Waals surface area contributed by atoms with Crippen LogP contribution in [0.25, 0.3) is 0 Å². The van der Waals surface area contributed by atoms with Gasteiger partial charge in [-0.3, -0.25) is 0 Å². The van der Waals surface area contributed by atoms with Crippen molar-refractivity contribution in [2.24, 2.45) is 5.92 Å². The van der Waals surface area contributed by atoms with Gasteiger partial charge in [0.15, 0.2) is 0 Å². The summed E-state index contributed by atoms with van der Waals surface area (Å²) >= 11 is 0. The molecule has 168 valence electrons. The van der Waals surface area contributed by atoms with Crippen molar-refractivity contribution in [2.75, 3.05) is 0 Å². The molecule has 0 atom stereocenters. The van der Waals surface area contributed by atoms with Crippen molar-refractivity contribution in [3.8, 4) is 5.75 Å². The van der Waals surface area contributed by atoms with E-state index in [1.807, 2.05) is 18.2 Å². The summed E-state index contributed by atoms with van der Waals surface area (Å²) in [6.45, 7) is 3.60. The van der Waals surface area contributed by atoms with Crippen LogP contribution in [0, 0.1) is 5.92 Å². The molecular weight excluding hydrogens is 415 g/mol. The van der Waals surface area contributed by atoms with Gasteiger partial charge in [-0.25, -0.2) is 0 Å². The lowest BCUT2D eigenvalue weighted by atomic mass is 9.79. The summed E-state index contributed by atoms with van der Waals surface area (Å²) in [6, 6.07) is 11.9. The van der Waals surface area contributed by atoms with Crippen LogP contribution in [0.1, 0.15) is 48.3 Å². The Morgan fingerprint density at radius 3 is 1.97 bits per heavy atom. The standard InChI is InChI=1S/C24H25F5O2/c1-2-17-3-9-20(10-4-17)21-11-5-19(6-12-21)16-30-23(25,26)15-18-7-13-22(14-8-18)31-24(27,28)29/h2,5-8,11-14,17,20H,1,3-4,9-10,15-16H2. The van der Waals surface area contributed by atoms with Crippen LogP contribution in [0.15, 0.2) is 61.2 Å². The SMILES string of the molecule is C=CC1CCC(c2ccc(COC(F)(F)Cc3ccc(OC(F)(F)F)cc3)cc2)CC1. The first-order valence-corrected chi connectivity index (χ1v) is 10.2. The third-order valence-electron chi connectivity index (χ3n) is 5.57. The maximum absolute atomic E-state index is 14.2. The molecule has 1 aliphatic rings. The summed E-state index contributed by atoms with van der Waals surface area (Å²) in [4.78, 5) is 0. The number of ether oxygens (including phenoxy) is 2. The van der Waals surface area contributed by atoms with Crippen LogP contribution >= 0.6 is 0 Å². The van der Waals surface area contributed by atoms with Crippen LogP contribution in [-0.2, 0) is 17.8 Å². The molecule has 2 nitrogen and oxygen atoms in total. The van der Waals surface area contributed by atoms with Gasteiger partial charge in [0, 0.05) is 0 Å². The maximum atomic E-state index is 14.2. The molecule has 0 N–H and O–H groups in total.